The fourth-order valence-corrected chi connectivity index (χ4v) is 9.76. The van der Waals surface area contributed by atoms with Crippen molar-refractivity contribution < 1.29 is 13.2 Å². The van der Waals surface area contributed by atoms with E-state index in [9.17, 15) is 8.42 Å². The van der Waals surface area contributed by atoms with Gasteiger partial charge in [0, 0.05) is 48.2 Å². The summed E-state index contributed by atoms with van der Waals surface area (Å²) in [6, 6.07) is 12.7. The van der Waals surface area contributed by atoms with Gasteiger partial charge in [-0.2, -0.15) is 9.97 Å². The highest BCUT2D eigenvalue weighted by atomic mass is 35.5. The minimum atomic E-state index is -3.40. The quantitative estimate of drug-likeness (QED) is 0.302. The molecule has 7 rings (SSSR count). The summed E-state index contributed by atoms with van der Waals surface area (Å²) in [4.78, 5) is 19.2. The monoisotopic (exact) mass is 664 g/mol. The van der Waals surface area contributed by atoms with Gasteiger partial charge in [0.05, 0.1) is 28.1 Å². The van der Waals surface area contributed by atoms with E-state index in [2.05, 4.69) is 39.0 Å². The summed E-state index contributed by atoms with van der Waals surface area (Å²) in [5.41, 5.74) is 3.21. The van der Waals surface area contributed by atoms with Crippen molar-refractivity contribution in [2.75, 3.05) is 69.8 Å². The summed E-state index contributed by atoms with van der Waals surface area (Å²) in [7, 11) is 0.466. The standard InChI is InChI=1S/C35H45ClN6O3S/c1-39(2)17-8-22-46(43,44)27-11-5-18-41(23-27)33-28-14-21-40(31-13-4-10-26-9-3-12-29(36)32(26)31)24-30(28)37-34(38-33)45-25-35-15-6-19-42(35)20-7-16-35/h3-4,8-10,12-13,22,27H,5-7,11,14-21,23-25H2,1-2H3/b22-8+. The third-order valence-electron chi connectivity index (χ3n) is 10.4. The molecular weight excluding hydrogens is 620 g/mol. The maximum absolute atomic E-state index is 13.4. The molecule has 46 heavy (non-hydrogen) atoms. The van der Waals surface area contributed by atoms with Crippen LogP contribution in [0.25, 0.3) is 10.8 Å². The summed E-state index contributed by atoms with van der Waals surface area (Å²) < 4.78 is 33.3. The number of anilines is 2. The lowest BCUT2D eigenvalue weighted by Crippen LogP contribution is -2.44. The van der Waals surface area contributed by atoms with Crippen LogP contribution in [0.5, 0.6) is 6.01 Å². The van der Waals surface area contributed by atoms with Crippen LogP contribution in [-0.4, -0.2) is 98.9 Å². The Morgan fingerprint density at radius 3 is 2.59 bits per heavy atom. The van der Waals surface area contributed by atoms with Crippen LogP contribution in [0.15, 0.2) is 47.9 Å². The second-order valence-corrected chi connectivity index (χ2v) is 16.2. The van der Waals surface area contributed by atoms with E-state index in [1.54, 1.807) is 6.08 Å². The number of benzene rings is 2. The Morgan fingerprint density at radius 1 is 1.02 bits per heavy atom. The number of hydrogen-bond donors (Lipinski definition) is 0. The molecular formula is C35H45ClN6O3S. The lowest BCUT2D eigenvalue weighted by atomic mass is 9.95. The van der Waals surface area contributed by atoms with Crippen LogP contribution >= 0.6 is 11.6 Å². The third-order valence-corrected chi connectivity index (χ3v) is 12.6. The molecule has 0 aliphatic carbocycles. The Morgan fingerprint density at radius 2 is 1.80 bits per heavy atom. The zero-order valence-corrected chi connectivity index (χ0v) is 28.6. The van der Waals surface area contributed by atoms with Crippen molar-refractivity contribution in [1.82, 2.24) is 19.8 Å². The van der Waals surface area contributed by atoms with Gasteiger partial charge in [0.15, 0.2) is 9.84 Å². The lowest BCUT2D eigenvalue weighted by molar-refractivity contribution is 0.107. The number of aromatic nitrogens is 2. The van der Waals surface area contributed by atoms with E-state index < -0.39 is 15.1 Å². The van der Waals surface area contributed by atoms with Crippen LogP contribution in [0.1, 0.15) is 49.8 Å². The maximum Gasteiger partial charge on any atom is 0.318 e. The van der Waals surface area contributed by atoms with E-state index in [0.717, 1.165) is 90.4 Å². The Bertz CT molecular complexity index is 1720. The molecule has 0 saturated carbocycles. The first-order chi connectivity index (χ1) is 22.2. The molecule has 0 bridgehead atoms. The van der Waals surface area contributed by atoms with Crippen molar-refractivity contribution in [1.29, 1.82) is 0 Å². The number of likely N-dealkylation sites (N-methyl/N-ethyl adjacent to an activating group) is 1. The lowest BCUT2D eigenvalue weighted by Gasteiger charge is -2.37. The second-order valence-electron chi connectivity index (χ2n) is 13.7. The van der Waals surface area contributed by atoms with E-state index in [1.807, 2.05) is 31.1 Å². The number of rotatable bonds is 9. The average Bonchev–Trinajstić information content (AvgIpc) is 3.64. The fourth-order valence-electron chi connectivity index (χ4n) is 8.02. The number of halogens is 1. The van der Waals surface area contributed by atoms with Gasteiger partial charge in [-0.3, -0.25) is 4.90 Å². The van der Waals surface area contributed by atoms with Crippen molar-refractivity contribution in [3.8, 4) is 6.01 Å². The number of fused-ring (bicyclic) bond motifs is 3. The number of piperidine rings is 1. The van der Waals surface area contributed by atoms with Gasteiger partial charge in [-0.15, -0.1) is 0 Å². The molecule has 5 heterocycles. The van der Waals surface area contributed by atoms with Crippen LogP contribution in [0, 0.1) is 0 Å². The third kappa shape index (κ3) is 6.21. The molecule has 3 fully saturated rings. The normalized spacial score (nSPS) is 21.8. The van der Waals surface area contributed by atoms with Crippen LogP contribution < -0.4 is 14.5 Å². The predicted octanol–water partition coefficient (Wildman–Crippen LogP) is 5.31. The van der Waals surface area contributed by atoms with Crippen molar-refractivity contribution in [2.45, 2.75) is 62.3 Å². The molecule has 246 valence electrons. The molecule has 9 nitrogen and oxygen atoms in total. The first kappa shape index (κ1) is 31.7. The molecule has 4 aliphatic heterocycles. The minimum absolute atomic E-state index is 0.0777. The summed E-state index contributed by atoms with van der Waals surface area (Å²) in [6.07, 6.45) is 8.63. The molecule has 0 amide bonds. The van der Waals surface area contributed by atoms with Gasteiger partial charge < -0.3 is 19.4 Å². The van der Waals surface area contributed by atoms with Crippen molar-refractivity contribution in [3.05, 3.63) is 64.2 Å². The molecule has 1 aromatic heterocycles. The van der Waals surface area contributed by atoms with Crippen molar-refractivity contribution >= 4 is 43.7 Å². The number of hydrogen-bond acceptors (Lipinski definition) is 9. The van der Waals surface area contributed by atoms with Gasteiger partial charge in [0.25, 0.3) is 0 Å². The van der Waals surface area contributed by atoms with E-state index >= 15 is 0 Å². The Balaban J connectivity index is 1.21. The van der Waals surface area contributed by atoms with Gasteiger partial charge in [0.1, 0.15) is 12.4 Å². The SMILES string of the molecule is CN(C)C/C=C/S(=O)(=O)C1CCCN(c2nc(OCC34CCCN3CCC4)nc3c2CCN(c2cccc4cccc(Cl)c24)C3)C1. The van der Waals surface area contributed by atoms with Gasteiger partial charge in [-0.05, 0) is 89.6 Å². The minimum Gasteiger partial charge on any atom is -0.461 e. The van der Waals surface area contributed by atoms with Gasteiger partial charge in [0.2, 0.25) is 0 Å². The first-order valence-electron chi connectivity index (χ1n) is 16.7. The predicted molar refractivity (Wildman–Crippen MR) is 186 cm³/mol. The Labute approximate surface area is 278 Å². The van der Waals surface area contributed by atoms with Crippen LogP contribution in [-0.2, 0) is 22.8 Å². The number of ether oxygens (including phenoxy) is 1. The second kappa shape index (κ2) is 12.9. The Kier molecular flexibility index (Phi) is 8.91. The number of sulfone groups is 1. The molecule has 4 aliphatic rings. The topological polar surface area (TPSA) is 82.1 Å². The van der Waals surface area contributed by atoms with E-state index in [0.29, 0.717) is 38.7 Å². The van der Waals surface area contributed by atoms with E-state index in [-0.39, 0.29) is 5.54 Å². The van der Waals surface area contributed by atoms with Crippen molar-refractivity contribution in [3.63, 3.8) is 0 Å². The van der Waals surface area contributed by atoms with Gasteiger partial charge >= 0.3 is 6.01 Å². The highest BCUT2D eigenvalue weighted by Gasteiger charge is 2.45. The molecule has 0 radical (unpaired) electrons. The summed E-state index contributed by atoms with van der Waals surface area (Å²) >= 11 is 6.74. The summed E-state index contributed by atoms with van der Waals surface area (Å²) in [5.74, 6) is 0.833. The fraction of sp³-hybridized carbons (Fsp3) is 0.543. The van der Waals surface area contributed by atoms with E-state index in [1.165, 1.54) is 18.2 Å². The Hall–Kier alpha value is -2.92. The molecule has 0 N–H and O–H groups in total. The maximum atomic E-state index is 13.4. The molecule has 0 spiro atoms. The van der Waals surface area contributed by atoms with Crippen LogP contribution in [0.3, 0.4) is 0 Å². The van der Waals surface area contributed by atoms with Crippen LogP contribution in [0.4, 0.5) is 11.5 Å². The zero-order chi connectivity index (χ0) is 31.9. The van der Waals surface area contributed by atoms with Gasteiger partial charge in [-0.1, -0.05) is 41.9 Å². The molecule has 3 saturated heterocycles. The van der Waals surface area contributed by atoms with E-state index in [4.69, 9.17) is 26.3 Å². The molecule has 1 unspecified atom stereocenters. The largest absolute Gasteiger partial charge is 0.461 e. The number of nitrogens with zero attached hydrogens (tertiary/aromatic N) is 6. The molecule has 2 aromatic carbocycles. The average molecular weight is 665 g/mol. The van der Waals surface area contributed by atoms with Crippen LogP contribution in [0.2, 0.25) is 5.02 Å². The molecule has 3 aromatic rings. The summed E-state index contributed by atoms with van der Waals surface area (Å²) in [5, 5.41) is 3.83. The van der Waals surface area contributed by atoms with Crippen molar-refractivity contribution in [2.24, 2.45) is 0 Å². The first-order valence-corrected chi connectivity index (χ1v) is 18.7. The highest BCUT2D eigenvalue weighted by molar-refractivity contribution is 7.94. The smallest absolute Gasteiger partial charge is 0.318 e. The zero-order valence-electron chi connectivity index (χ0n) is 27.0. The highest BCUT2D eigenvalue weighted by Crippen LogP contribution is 2.40. The molecule has 1 atom stereocenters. The summed E-state index contributed by atoms with van der Waals surface area (Å²) in [6.45, 7) is 6.01. The van der Waals surface area contributed by atoms with Gasteiger partial charge in [-0.25, -0.2) is 8.42 Å². The molecule has 11 heteroatoms.